The predicted molar refractivity (Wildman–Crippen MR) is 103 cm³/mol. The quantitative estimate of drug-likeness (QED) is 0.775. The molecule has 1 fully saturated rings. The molecule has 0 bridgehead atoms. The van der Waals surface area contributed by atoms with Crippen LogP contribution in [0.5, 0.6) is 5.75 Å². The zero-order valence-corrected chi connectivity index (χ0v) is 16.0. The summed E-state index contributed by atoms with van der Waals surface area (Å²) in [6, 6.07) is 6.50. The SMILES string of the molecule is COc1ccc2c(c1F)C(=O)N(CC1(C#Cc3ccc(C)nc3)CNC(=O)N1)C2. The van der Waals surface area contributed by atoms with Crippen molar-refractivity contribution >= 4 is 11.9 Å². The van der Waals surface area contributed by atoms with Crippen molar-refractivity contribution in [3.05, 3.63) is 58.7 Å². The number of ether oxygens (including phenoxy) is 1. The standard InChI is InChI=1S/C21H19FN4O3/c1-13-3-4-14(9-23-13)7-8-21(11-24-20(28)25-21)12-26-10-15-5-6-16(29-2)18(22)17(15)19(26)27/h3-6,9H,10-12H2,1-2H3,(H2,24,25,28). The number of aryl methyl sites for hydroxylation is 1. The molecule has 1 aromatic heterocycles. The van der Waals surface area contributed by atoms with Crippen LogP contribution in [-0.2, 0) is 6.54 Å². The van der Waals surface area contributed by atoms with Crippen molar-refractivity contribution in [1.29, 1.82) is 0 Å². The number of rotatable bonds is 3. The fourth-order valence-electron chi connectivity index (χ4n) is 3.49. The molecule has 2 aromatic rings. The molecule has 2 aliphatic heterocycles. The van der Waals surface area contributed by atoms with Crippen LogP contribution >= 0.6 is 0 Å². The van der Waals surface area contributed by atoms with Gasteiger partial charge in [0.15, 0.2) is 11.6 Å². The Balaban J connectivity index is 1.62. The normalized spacial score (nSPS) is 19.9. The Morgan fingerprint density at radius 3 is 2.79 bits per heavy atom. The van der Waals surface area contributed by atoms with Crippen LogP contribution in [0.15, 0.2) is 30.5 Å². The molecule has 0 radical (unpaired) electrons. The summed E-state index contributed by atoms with van der Waals surface area (Å²) in [5, 5.41) is 5.50. The summed E-state index contributed by atoms with van der Waals surface area (Å²) < 4.78 is 19.6. The van der Waals surface area contributed by atoms with Gasteiger partial charge in [0.25, 0.3) is 5.91 Å². The Labute approximate surface area is 167 Å². The van der Waals surface area contributed by atoms with Crippen LogP contribution in [0.3, 0.4) is 0 Å². The highest BCUT2D eigenvalue weighted by molar-refractivity contribution is 5.99. The van der Waals surface area contributed by atoms with Crippen LogP contribution in [0.2, 0.25) is 0 Å². The zero-order chi connectivity index (χ0) is 20.6. The highest BCUT2D eigenvalue weighted by atomic mass is 19.1. The lowest BCUT2D eigenvalue weighted by Gasteiger charge is -2.27. The first-order valence-corrected chi connectivity index (χ1v) is 9.07. The Morgan fingerprint density at radius 1 is 1.31 bits per heavy atom. The molecule has 3 amide bonds. The van der Waals surface area contributed by atoms with Gasteiger partial charge in [0.05, 0.1) is 25.8 Å². The van der Waals surface area contributed by atoms with E-state index in [1.807, 2.05) is 19.1 Å². The Hall–Kier alpha value is -3.60. The lowest BCUT2D eigenvalue weighted by molar-refractivity contribution is 0.0748. The number of methoxy groups -OCH3 is 1. The fourth-order valence-corrected chi connectivity index (χ4v) is 3.49. The van der Waals surface area contributed by atoms with Gasteiger partial charge in [-0.2, -0.15) is 0 Å². The molecule has 0 saturated carbocycles. The van der Waals surface area contributed by atoms with E-state index in [0.29, 0.717) is 11.1 Å². The molecule has 1 saturated heterocycles. The average Bonchev–Trinajstić information content (AvgIpc) is 3.22. The molecule has 0 aliphatic carbocycles. The van der Waals surface area contributed by atoms with Gasteiger partial charge in [-0.15, -0.1) is 0 Å². The molecule has 148 valence electrons. The Morgan fingerprint density at radius 2 is 2.14 bits per heavy atom. The zero-order valence-electron chi connectivity index (χ0n) is 16.0. The second kappa shape index (κ2) is 7.09. The highest BCUT2D eigenvalue weighted by Gasteiger charge is 2.42. The number of hydrogen-bond donors (Lipinski definition) is 2. The van der Waals surface area contributed by atoms with Crippen molar-refractivity contribution in [1.82, 2.24) is 20.5 Å². The van der Waals surface area contributed by atoms with Crippen molar-refractivity contribution in [2.45, 2.75) is 19.0 Å². The minimum absolute atomic E-state index is 0.00692. The molecule has 29 heavy (non-hydrogen) atoms. The van der Waals surface area contributed by atoms with Gasteiger partial charge in [0, 0.05) is 24.0 Å². The molecular weight excluding hydrogens is 375 g/mol. The lowest BCUT2D eigenvalue weighted by Crippen LogP contribution is -2.51. The van der Waals surface area contributed by atoms with Crippen LogP contribution in [0, 0.1) is 24.6 Å². The third-order valence-corrected chi connectivity index (χ3v) is 5.00. The summed E-state index contributed by atoms with van der Waals surface area (Å²) in [5.74, 6) is 5.00. The molecule has 3 heterocycles. The molecule has 0 spiro atoms. The summed E-state index contributed by atoms with van der Waals surface area (Å²) in [7, 11) is 1.35. The van der Waals surface area contributed by atoms with Gasteiger partial charge in [-0.1, -0.05) is 17.9 Å². The van der Waals surface area contributed by atoms with E-state index in [4.69, 9.17) is 4.74 Å². The average molecular weight is 394 g/mol. The monoisotopic (exact) mass is 394 g/mol. The highest BCUT2D eigenvalue weighted by Crippen LogP contribution is 2.31. The van der Waals surface area contributed by atoms with E-state index < -0.39 is 17.3 Å². The van der Waals surface area contributed by atoms with Gasteiger partial charge >= 0.3 is 6.03 Å². The number of carbonyl (C=O) groups is 2. The van der Waals surface area contributed by atoms with E-state index >= 15 is 0 Å². The van der Waals surface area contributed by atoms with Crippen LogP contribution in [0.4, 0.5) is 9.18 Å². The van der Waals surface area contributed by atoms with Gasteiger partial charge in [-0.05, 0) is 30.7 Å². The van der Waals surface area contributed by atoms with E-state index in [2.05, 4.69) is 27.5 Å². The van der Waals surface area contributed by atoms with E-state index in [-0.39, 0.29) is 37.0 Å². The topological polar surface area (TPSA) is 83.6 Å². The van der Waals surface area contributed by atoms with E-state index in [1.54, 1.807) is 12.3 Å². The van der Waals surface area contributed by atoms with E-state index in [0.717, 1.165) is 5.69 Å². The molecule has 4 rings (SSSR count). The smallest absolute Gasteiger partial charge is 0.316 e. The number of benzene rings is 1. The summed E-state index contributed by atoms with van der Waals surface area (Å²) in [6.45, 7) is 2.46. The lowest BCUT2D eigenvalue weighted by atomic mass is 10.0. The maximum Gasteiger partial charge on any atom is 0.316 e. The second-order valence-corrected chi connectivity index (χ2v) is 7.11. The molecule has 1 aromatic carbocycles. The number of halogens is 1. The first-order valence-electron chi connectivity index (χ1n) is 9.07. The number of aromatic nitrogens is 1. The summed E-state index contributed by atoms with van der Waals surface area (Å²) in [6.07, 6.45) is 1.65. The van der Waals surface area contributed by atoms with Crippen molar-refractivity contribution in [3.63, 3.8) is 0 Å². The van der Waals surface area contributed by atoms with Gasteiger partial charge < -0.3 is 20.3 Å². The van der Waals surface area contributed by atoms with Crippen LogP contribution in [0.1, 0.15) is 27.2 Å². The Kier molecular flexibility index (Phi) is 4.59. The van der Waals surface area contributed by atoms with Crippen LogP contribution in [-0.4, -0.2) is 47.6 Å². The largest absolute Gasteiger partial charge is 0.494 e. The number of hydrogen-bond acceptors (Lipinski definition) is 4. The second-order valence-electron chi connectivity index (χ2n) is 7.11. The van der Waals surface area contributed by atoms with Gasteiger partial charge in [-0.3, -0.25) is 9.78 Å². The fraction of sp³-hybridized carbons (Fsp3) is 0.286. The van der Waals surface area contributed by atoms with Crippen LogP contribution in [0.25, 0.3) is 0 Å². The van der Waals surface area contributed by atoms with Crippen molar-refractivity contribution in [2.24, 2.45) is 0 Å². The third kappa shape index (κ3) is 3.47. The number of carbonyl (C=O) groups excluding carboxylic acids is 2. The summed E-state index contributed by atoms with van der Waals surface area (Å²) >= 11 is 0. The number of pyridine rings is 1. The number of nitrogens with zero attached hydrogens (tertiary/aromatic N) is 2. The van der Waals surface area contributed by atoms with Crippen molar-refractivity contribution < 1.29 is 18.7 Å². The summed E-state index contributed by atoms with van der Waals surface area (Å²) in [4.78, 5) is 30.4. The number of fused-ring (bicyclic) bond motifs is 1. The van der Waals surface area contributed by atoms with Gasteiger partial charge in [0.2, 0.25) is 0 Å². The van der Waals surface area contributed by atoms with E-state index in [9.17, 15) is 14.0 Å². The Bertz CT molecular complexity index is 1060. The van der Waals surface area contributed by atoms with Gasteiger partial charge in [-0.25, -0.2) is 9.18 Å². The predicted octanol–water partition coefficient (Wildman–Crippen LogP) is 1.60. The van der Waals surface area contributed by atoms with Crippen LogP contribution < -0.4 is 15.4 Å². The molecule has 2 aliphatic rings. The molecule has 8 heteroatoms. The van der Waals surface area contributed by atoms with Gasteiger partial charge in [0.1, 0.15) is 5.54 Å². The molecule has 2 N–H and O–H groups in total. The first kappa shape index (κ1) is 18.7. The number of urea groups is 1. The maximum absolute atomic E-state index is 14.6. The summed E-state index contributed by atoms with van der Waals surface area (Å²) in [5.41, 5.74) is 1.17. The molecular formula is C21H19FN4O3. The maximum atomic E-state index is 14.6. The minimum atomic E-state index is -0.986. The molecule has 1 atom stereocenters. The number of nitrogens with one attached hydrogen (secondary N) is 2. The number of amides is 3. The molecule has 7 nitrogen and oxygen atoms in total. The molecule has 1 unspecified atom stereocenters. The minimum Gasteiger partial charge on any atom is -0.494 e. The van der Waals surface area contributed by atoms with Crippen molar-refractivity contribution in [3.8, 4) is 17.6 Å². The van der Waals surface area contributed by atoms with E-state index in [1.165, 1.54) is 18.1 Å². The first-order chi connectivity index (χ1) is 13.9. The van der Waals surface area contributed by atoms with Crippen molar-refractivity contribution in [2.75, 3.05) is 20.2 Å². The third-order valence-electron chi connectivity index (χ3n) is 5.00.